The molecular weight excluding hydrogens is 876 g/mol. The van der Waals surface area contributed by atoms with Crippen molar-refractivity contribution in [1.29, 1.82) is 0 Å². The third-order valence-corrected chi connectivity index (χ3v) is 10.4. The molecule has 278 valence electrons. The molecule has 0 amide bonds. The van der Waals surface area contributed by atoms with Crippen molar-refractivity contribution < 1.29 is 21.1 Å². The van der Waals surface area contributed by atoms with Gasteiger partial charge in [-0.3, -0.25) is 0 Å². The maximum atomic E-state index is 3.89. The van der Waals surface area contributed by atoms with Gasteiger partial charge in [-0.25, -0.2) is 0 Å². The SMILES string of the molecule is CN1Cc2[c-]c(cc(N(c3ccccc3)c3ccccc3)c2)-c2ccccc2N(C)Cc2[c-]c(cc(N(c3ccccc3)c3ccccc3)c2)-c2ccccc21.[Pt+4]. The molecule has 0 spiro atoms. The monoisotopic (exact) mass is 917 g/mol. The van der Waals surface area contributed by atoms with Gasteiger partial charge in [0.15, 0.2) is 0 Å². The molecule has 0 saturated carbocycles. The molecule has 1 aliphatic rings. The van der Waals surface area contributed by atoms with Crippen LogP contribution in [0.4, 0.5) is 45.5 Å². The Morgan fingerprint density at radius 1 is 0.368 bits per heavy atom. The molecule has 0 atom stereocenters. The predicted octanol–water partition coefficient (Wildman–Crippen LogP) is 13.1. The van der Waals surface area contributed by atoms with Crippen molar-refractivity contribution in [3.63, 3.8) is 0 Å². The molecule has 1 aliphatic heterocycles. The van der Waals surface area contributed by atoms with Crippen LogP contribution in [0.2, 0.25) is 0 Å². The minimum absolute atomic E-state index is 0. The first kappa shape index (κ1) is 37.6. The summed E-state index contributed by atoms with van der Waals surface area (Å²) in [6.45, 7) is 1.31. The van der Waals surface area contributed by atoms with E-state index in [2.05, 4.69) is 240 Å². The molecule has 0 radical (unpaired) electrons. The van der Waals surface area contributed by atoms with Crippen molar-refractivity contribution in [2.45, 2.75) is 13.1 Å². The molecule has 8 aromatic carbocycles. The van der Waals surface area contributed by atoms with Gasteiger partial charge in [-0.15, -0.1) is 58.7 Å². The second-order valence-corrected chi connectivity index (χ2v) is 14.3. The molecule has 57 heavy (non-hydrogen) atoms. The number of rotatable bonds is 6. The Morgan fingerprint density at radius 3 is 1.00 bits per heavy atom. The molecule has 0 unspecified atom stereocenters. The van der Waals surface area contributed by atoms with Gasteiger partial charge in [0.25, 0.3) is 0 Å². The summed E-state index contributed by atoms with van der Waals surface area (Å²) >= 11 is 0. The zero-order valence-electron chi connectivity index (χ0n) is 32.0. The van der Waals surface area contributed by atoms with Gasteiger partial charge in [0.05, 0.1) is 0 Å². The maximum absolute atomic E-state index is 3.89. The van der Waals surface area contributed by atoms with Crippen LogP contribution in [0.25, 0.3) is 22.3 Å². The van der Waals surface area contributed by atoms with E-state index in [9.17, 15) is 0 Å². The van der Waals surface area contributed by atoms with E-state index in [4.69, 9.17) is 0 Å². The van der Waals surface area contributed by atoms with Crippen LogP contribution < -0.4 is 19.6 Å². The summed E-state index contributed by atoms with van der Waals surface area (Å²) in [6, 6.07) is 76.9. The van der Waals surface area contributed by atoms with E-state index in [0.29, 0.717) is 13.1 Å². The second kappa shape index (κ2) is 16.8. The van der Waals surface area contributed by atoms with Crippen molar-refractivity contribution in [2.75, 3.05) is 33.7 Å². The van der Waals surface area contributed by atoms with Gasteiger partial charge in [-0.1, -0.05) is 120 Å². The number of benzene rings is 8. The summed E-state index contributed by atoms with van der Waals surface area (Å²) in [5.41, 5.74) is 15.4. The summed E-state index contributed by atoms with van der Waals surface area (Å²) in [4.78, 5) is 9.38. The first-order valence-electron chi connectivity index (χ1n) is 19.1. The van der Waals surface area contributed by atoms with Crippen LogP contribution in [-0.2, 0) is 34.2 Å². The Balaban J connectivity index is 0.00000455. The fourth-order valence-electron chi connectivity index (χ4n) is 7.90. The predicted molar refractivity (Wildman–Crippen MR) is 235 cm³/mol. The number of nitrogens with zero attached hydrogens (tertiary/aromatic N) is 4. The van der Waals surface area contributed by atoms with Crippen LogP contribution in [0, 0.1) is 12.1 Å². The Bertz CT molecular complexity index is 2320. The van der Waals surface area contributed by atoms with Crippen LogP contribution in [0.3, 0.4) is 0 Å². The molecule has 1 heterocycles. The van der Waals surface area contributed by atoms with Crippen LogP contribution in [0.15, 0.2) is 194 Å². The van der Waals surface area contributed by atoms with Crippen molar-refractivity contribution in [1.82, 2.24) is 0 Å². The maximum Gasteiger partial charge on any atom is 4.00 e. The normalized spacial score (nSPS) is 12.0. The number of para-hydroxylation sites is 6. The molecule has 4 bridgehead atoms. The molecule has 0 aromatic heterocycles. The largest absolute Gasteiger partial charge is 4.00 e. The third kappa shape index (κ3) is 7.87. The quantitative estimate of drug-likeness (QED) is 0.154. The van der Waals surface area contributed by atoms with Crippen molar-refractivity contribution in [3.8, 4) is 22.3 Å². The van der Waals surface area contributed by atoms with Gasteiger partial charge >= 0.3 is 21.1 Å². The van der Waals surface area contributed by atoms with Gasteiger partial charge in [0.1, 0.15) is 0 Å². The van der Waals surface area contributed by atoms with Gasteiger partial charge < -0.3 is 19.6 Å². The van der Waals surface area contributed by atoms with Crippen molar-refractivity contribution in [2.24, 2.45) is 0 Å². The van der Waals surface area contributed by atoms with Crippen LogP contribution >= 0.6 is 0 Å². The summed E-state index contributed by atoms with van der Waals surface area (Å²) in [7, 11) is 4.37. The molecule has 0 aliphatic carbocycles. The molecule has 0 N–H and O–H groups in total. The Hall–Kier alpha value is -6.35. The fourth-order valence-corrected chi connectivity index (χ4v) is 7.90. The molecule has 5 heteroatoms. The third-order valence-electron chi connectivity index (χ3n) is 10.4. The average Bonchev–Trinajstić information content (AvgIpc) is 3.25. The van der Waals surface area contributed by atoms with E-state index in [1.54, 1.807) is 0 Å². The van der Waals surface area contributed by atoms with E-state index in [-0.39, 0.29) is 21.1 Å². The number of anilines is 8. The number of hydrogen-bond donors (Lipinski definition) is 0. The molecular formula is C52H42N4Pt+2. The standard InChI is InChI=1S/C52H42N4.Pt/c1-53-37-39-31-42(36-47(33-39)55(43-19-7-3-8-20-43)44-21-9-4-10-22-44)50-28-16-18-30-52(50)54(2)38-40-32-41(49-27-15-17-29-51(49)53)35-48(34-40)56(45-23-11-5-12-24-45)46-25-13-6-14-26-46;/h3-30,33-36H,37-38H2,1-2H3;/q-2;+4. The number of fused-ring (bicyclic) bond motifs is 8. The summed E-state index contributed by atoms with van der Waals surface area (Å²) in [6.07, 6.45) is 0. The van der Waals surface area contributed by atoms with E-state index >= 15 is 0 Å². The average molecular weight is 918 g/mol. The molecule has 0 saturated heterocycles. The van der Waals surface area contributed by atoms with E-state index in [1.165, 1.54) is 0 Å². The molecule has 9 rings (SSSR count). The minimum atomic E-state index is 0. The zero-order valence-corrected chi connectivity index (χ0v) is 34.3. The van der Waals surface area contributed by atoms with Gasteiger partial charge in [0, 0.05) is 61.3 Å². The summed E-state index contributed by atoms with van der Waals surface area (Å²) < 4.78 is 0. The van der Waals surface area contributed by atoms with Crippen LogP contribution in [0.5, 0.6) is 0 Å². The Kier molecular flexibility index (Phi) is 11.1. The Labute approximate surface area is 351 Å². The van der Waals surface area contributed by atoms with E-state index in [1.807, 2.05) is 0 Å². The number of hydrogen-bond acceptors (Lipinski definition) is 4. The fraction of sp³-hybridized carbons (Fsp3) is 0.0769. The van der Waals surface area contributed by atoms with Crippen LogP contribution in [-0.4, -0.2) is 14.1 Å². The van der Waals surface area contributed by atoms with Gasteiger partial charge in [-0.2, -0.15) is 0 Å². The minimum Gasteiger partial charge on any atom is -0.379 e. The smallest absolute Gasteiger partial charge is 0.379 e. The van der Waals surface area contributed by atoms with E-state index < -0.39 is 0 Å². The van der Waals surface area contributed by atoms with Gasteiger partial charge in [-0.05, 0) is 72.0 Å². The topological polar surface area (TPSA) is 13.0 Å². The summed E-state index contributed by atoms with van der Waals surface area (Å²) in [5.74, 6) is 0. The molecule has 0 fully saturated rings. The Morgan fingerprint density at radius 2 is 0.667 bits per heavy atom. The zero-order chi connectivity index (χ0) is 37.8. The second-order valence-electron chi connectivity index (χ2n) is 14.3. The van der Waals surface area contributed by atoms with Crippen molar-refractivity contribution in [3.05, 3.63) is 217 Å². The molecule has 4 nitrogen and oxygen atoms in total. The van der Waals surface area contributed by atoms with Crippen LogP contribution in [0.1, 0.15) is 11.1 Å². The molecule has 8 aromatic rings. The van der Waals surface area contributed by atoms with Gasteiger partial charge in [0.2, 0.25) is 0 Å². The first-order chi connectivity index (χ1) is 27.6. The van der Waals surface area contributed by atoms with Crippen molar-refractivity contribution >= 4 is 45.5 Å². The first-order valence-corrected chi connectivity index (χ1v) is 19.1. The van der Waals surface area contributed by atoms with E-state index in [0.717, 1.165) is 78.9 Å². The summed E-state index contributed by atoms with van der Waals surface area (Å²) in [5, 5.41) is 0.